The molecule has 0 aromatic heterocycles. The average molecular weight is 262 g/mol. The second kappa shape index (κ2) is 6.92. The van der Waals surface area contributed by atoms with E-state index < -0.39 is 0 Å². The van der Waals surface area contributed by atoms with Crippen molar-refractivity contribution in [2.45, 2.75) is 38.7 Å². The van der Waals surface area contributed by atoms with E-state index in [-0.39, 0.29) is 0 Å². The first-order valence-electron chi connectivity index (χ1n) is 7.34. The number of ether oxygens (including phenoxy) is 1. The number of nitrogen functional groups attached to an aromatic ring is 1. The summed E-state index contributed by atoms with van der Waals surface area (Å²) in [5, 5.41) is 0. The van der Waals surface area contributed by atoms with Gasteiger partial charge in [0.25, 0.3) is 0 Å². The number of nitrogens with zero attached hydrogens (tertiary/aromatic N) is 1. The van der Waals surface area contributed by atoms with Crippen LogP contribution in [0.5, 0.6) is 0 Å². The molecule has 2 N–H and O–H groups in total. The molecule has 0 amide bonds. The van der Waals surface area contributed by atoms with Crippen LogP contribution in [0.15, 0.2) is 24.3 Å². The van der Waals surface area contributed by atoms with Crippen LogP contribution in [0.1, 0.15) is 38.2 Å². The molecule has 1 saturated heterocycles. The van der Waals surface area contributed by atoms with Gasteiger partial charge in [-0.25, -0.2) is 0 Å². The maximum absolute atomic E-state index is 5.73. The van der Waals surface area contributed by atoms with Crippen LogP contribution in [0, 0.1) is 0 Å². The Balaban J connectivity index is 1.82. The van der Waals surface area contributed by atoms with E-state index in [9.17, 15) is 0 Å². The Morgan fingerprint density at radius 3 is 2.84 bits per heavy atom. The van der Waals surface area contributed by atoms with Crippen LogP contribution in [0.3, 0.4) is 0 Å². The highest BCUT2D eigenvalue weighted by Crippen LogP contribution is 2.21. The summed E-state index contributed by atoms with van der Waals surface area (Å²) in [7, 11) is 0. The Morgan fingerprint density at radius 2 is 2.11 bits per heavy atom. The van der Waals surface area contributed by atoms with Gasteiger partial charge >= 0.3 is 0 Å². The third-order valence-corrected chi connectivity index (χ3v) is 3.92. The van der Waals surface area contributed by atoms with E-state index in [4.69, 9.17) is 10.5 Å². The van der Waals surface area contributed by atoms with E-state index in [0.717, 1.165) is 31.8 Å². The highest BCUT2D eigenvalue weighted by Gasteiger charge is 2.15. The number of benzene rings is 1. The summed E-state index contributed by atoms with van der Waals surface area (Å²) >= 11 is 0. The Bertz CT molecular complexity index is 377. The average Bonchev–Trinajstić information content (AvgIpc) is 2.61. The van der Waals surface area contributed by atoms with Crippen LogP contribution in [-0.2, 0) is 4.74 Å². The number of hydrogen-bond acceptors (Lipinski definition) is 3. The SMILES string of the molecule is CC1CN(CCC(C)c2ccc(N)cc2)CCCO1. The largest absolute Gasteiger partial charge is 0.399 e. The number of anilines is 1. The Kier molecular flexibility index (Phi) is 5.23. The van der Waals surface area contributed by atoms with Crippen LogP contribution < -0.4 is 5.73 Å². The minimum atomic E-state index is 0.370. The van der Waals surface area contributed by atoms with Gasteiger partial charge in [-0.05, 0) is 49.9 Å². The molecule has 1 aliphatic rings. The molecule has 0 bridgehead atoms. The molecule has 1 heterocycles. The van der Waals surface area contributed by atoms with Gasteiger partial charge < -0.3 is 15.4 Å². The lowest BCUT2D eigenvalue weighted by atomic mass is 9.97. The quantitative estimate of drug-likeness (QED) is 0.848. The molecule has 0 spiro atoms. The fourth-order valence-electron chi connectivity index (χ4n) is 2.65. The topological polar surface area (TPSA) is 38.5 Å². The zero-order valence-corrected chi connectivity index (χ0v) is 12.1. The number of rotatable bonds is 4. The van der Waals surface area contributed by atoms with Crippen molar-refractivity contribution in [1.29, 1.82) is 0 Å². The monoisotopic (exact) mass is 262 g/mol. The van der Waals surface area contributed by atoms with Crippen molar-refractivity contribution >= 4 is 5.69 Å². The highest BCUT2D eigenvalue weighted by molar-refractivity contribution is 5.40. The molecule has 0 saturated carbocycles. The fraction of sp³-hybridized carbons (Fsp3) is 0.625. The van der Waals surface area contributed by atoms with Crippen molar-refractivity contribution in [3.63, 3.8) is 0 Å². The van der Waals surface area contributed by atoms with Crippen molar-refractivity contribution in [3.8, 4) is 0 Å². The summed E-state index contributed by atoms with van der Waals surface area (Å²) < 4.78 is 5.68. The Morgan fingerprint density at radius 1 is 1.37 bits per heavy atom. The molecular weight excluding hydrogens is 236 g/mol. The predicted molar refractivity (Wildman–Crippen MR) is 80.4 cm³/mol. The standard InChI is InChI=1S/C16H26N2O/c1-13(15-4-6-16(17)7-5-15)8-10-18-9-3-11-19-14(2)12-18/h4-7,13-14H,3,8-12,17H2,1-2H3. The number of hydrogen-bond donors (Lipinski definition) is 1. The van der Waals surface area contributed by atoms with E-state index in [1.54, 1.807) is 0 Å². The van der Waals surface area contributed by atoms with Crippen molar-refractivity contribution in [3.05, 3.63) is 29.8 Å². The maximum atomic E-state index is 5.73. The molecule has 106 valence electrons. The molecule has 2 rings (SSSR count). The summed E-state index contributed by atoms with van der Waals surface area (Å²) in [5.41, 5.74) is 7.95. The zero-order valence-electron chi connectivity index (χ0n) is 12.1. The molecule has 2 unspecified atom stereocenters. The third kappa shape index (κ3) is 4.51. The normalized spacial score (nSPS) is 22.9. The minimum Gasteiger partial charge on any atom is -0.399 e. The van der Waals surface area contributed by atoms with Crippen molar-refractivity contribution < 1.29 is 4.74 Å². The van der Waals surface area contributed by atoms with Crippen LogP contribution in [-0.4, -0.2) is 37.2 Å². The summed E-state index contributed by atoms with van der Waals surface area (Å²) in [6.07, 6.45) is 2.71. The summed E-state index contributed by atoms with van der Waals surface area (Å²) in [6, 6.07) is 8.28. The minimum absolute atomic E-state index is 0.370. The first-order chi connectivity index (χ1) is 9.15. The van der Waals surface area contributed by atoms with Gasteiger partial charge in [0.1, 0.15) is 0 Å². The molecule has 1 aromatic carbocycles. The van der Waals surface area contributed by atoms with Crippen LogP contribution in [0.2, 0.25) is 0 Å². The molecule has 19 heavy (non-hydrogen) atoms. The summed E-state index contributed by atoms with van der Waals surface area (Å²) in [5.74, 6) is 0.583. The first kappa shape index (κ1) is 14.4. The smallest absolute Gasteiger partial charge is 0.0673 e. The molecule has 3 heteroatoms. The van der Waals surface area contributed by atoms with Crippen LogP contribution >= 0.6 is 0 Å². The van der Waals surface area contributed by atoms with Crippen LogP contribution in [0.25, 0.3) is 0 Å². The zero-order chi connectivity index (χ0) is 13.7. The van der Waals surface area contributed by atoms with E-state index in [1.165, 1.54) is 18.5 Å². The van der Waals surface area contributed by atoms with Gasteiger partial charge in [0.05, 0.1) is 6.10 Å². The van der Waals surface area contributed by atoms with Crippen LogP contribution in [0.4, 0.5) is 5.69 Å². The second-order valence-electron chi connectivity index (χ2n) is 5.69. The van der Waals surface area contributed by atoms with E-state index in [0.29, 0.717) is 12.0 Å². The molecule has 1 fully saturated rings. The molecule has 1 aliphatic heterocycles. The molecule has 2 atom stereocenters. The van der Waals surface area contributed by atoms with E-state index in [2.05, 4.69) is 30.9 Å². The Labute approximate surface area is 116 Å². The van der Waals surface area contributed by atoms with Crippen molar-refractivity contribution in [2.75, 3.05) is 32.0 Å². The fourth-order valence-corrected chi connectivity index (χ4v) is 2.65. The van der Waals surface area contributed by atoms with E-state index >= 15 is 0 Å². The molecular formula is C16H26N2O. The van der Waals surface area contributed by atoms with Gasteiger partial charge in [-0.1, -0.05) is 19.1 Å². The van der Waals surface area contributed by atoms with Crippen molar-refractivity contribution in [2.24, 2.45) is 0 Å². The molecule has 0 aliphatic carbocycles. The highest BCUT2D eigenvalue weighted by atomic mass is 16.5. The lowest BCUT2D eigenvalue weighted by Gasteiger charge is -2.23. The number of nitrogens with two attached hydrogens (primary N) is 1. The Hall–Kier alpha value is -1.06. The first-order valence-corrected chi connectivity index (χ1v) is 7.34. The molecule has 3 nitrogen and oxygen atoms in total. The second-order valence-corrected chi connectivity index (χ2v) is 5.69. The third-order valence-electron chi connectivity index (χ3n) is 3.92. The van der Waals surface area contributed by atoms with Gasteiger partial charge in [0.15, 0.2) is 0 Å². The van der Waals surface area contributed by atoms with Crippen molar-refractivity contribution in [1.82, 2.24) is 4.90 Å². The van der Waals surface area contributed by atoms with Gasteiger partial charge in [0.2, 0.25) is 0 Å². The lowest BCUT2D eigenvalue weighted by Crippen LogP contribution is -2.31. The van der Waals surface area contributed by atoms with Gasteiger partial charge in [-0.15, -0.1) is 0 Å². The molecule has 0 radical (unpaired) electrons. The summed E-state index contributed by atoms with van der Waals surface area (Å²) in [6.45, 7) is 8.75. The summed E-state index contributed by atoms with van der Waals surface area (Å²) in [4.78, 5) is 2.53. The lowest BCUT2D eigenvalue weighted by molar-refractivity contribution is 0.0674. The van der Waals surface area contributed by atoms with Gasteiger partial charge in [-0.2, -0.15) is 0 Å². The van der Waals surface area contributed by atoms with E-state index in [1.807, 2.05) is 12.1 Å². The van der Waals surface area contributed by atoms with Gasteiger partial charge in [-0.3, -0.25) is 0 Å². The maximum Gasteiger partial charge on any atom is 0.0673 e. The predicted octanol–water partition coefficient (Wildman–Crippen LogP) is 2.87. The van der Waals surface area contributed by atoms with Gasteiger partial charge in [0, 0.05) is 25.4 Å². The molecule has 1 aromatic rings.